The molecule has 1 aliphatic carbocycles. The van der Waals surface area contributed by atoms with Crippen LogP contribution in [0.25, 0.3) is 6.08 Å². The maximum absolute atomic E-state index is 12.2. The molecule has 3 rings (SSSR count). The second kappa shape index (κ2) is 7.99. The number of aryl methyl sites for hydroxylation is 1. The van der Waals surface area contributed by atoms with Crippen molar-refractivity contribution in [2.75, 3.05) is 7.11 Å². The van der Waals surface area contributed by atoms with Gasteiger partial charge in [0, 0.05) is 6.08 Å². The first-order valence-corrected chi connectivity index (χ1v) is 8.52. The third-order valence-corrected chi connectivity index (χ3v) is 4.32. The number of carbonyl (C=O) groups excluding carboxylic acids is 2. The van der Waals surface area contributed by atoms with Gasteiger partial charge in [-0.1, -0.05) is 11.6 Å². The van der Waals surface area contributed by atoms with Gasteiger partial charge < -0.3 is 13.9 Å². The highest BCUT2D eigenvalue weighted by Crippen LogP contribution is 2.30. The molecule has 8 heteroatoms. The van der Waals surface area contributed by atoms with Crippen LogP contribution >= 0.6 is 0 Å². The van der Waals surface area contributed by atoms with Crippen molar-refractivity contribution < 1.29 is 23.5 Å². The number of esters is 2. The van der Waals surface area contributed by atoms with Crippen molar-refractivity contribution in [1.82, 2.24) is 15.0 Å². The molecule has 138 valence electrons. The fraction of sp³-hybridized carbons (Fsp3) is 0.444. The number of carbonyl (C=O) groups is 2. The highest BCUT2D eigenvalue weighted by atomic mass is 16.5. The molecule has 2 aromatic heterocycles. The summed E-state index contributed by atoms with van der Waals surface area (Å²) in [6.45, 7) is 1.84. The van der Waals surface area contributed by atoms with Crippen molar-refractivity contribution in [2.24, 2.45) is 0 Å². The zero-order valence-corrected chi connectivity index (χ0v) is 14.8. The lowest BCUT2D eigenvalue weighted by atomic mass is 9.92. The summed E-state index contributed by atoms with van der Waals surface area (Å²) in [5.41, 5.74) is 0.135. The number of furan rings is 1. The Kier molecular flexibility index (Phi) is 5.50. The van der Waals surface area contributed by atoms with Gasteiger partial charge in [-0.2, -0.15) is 0 Å². The minimum absolute atomic E-state index is 0.135. The largest absolute Gasteiger partial charge is 0.464 e. The first-order chi connectivity index (χ1) is 12.6. The summed E-state index contributed by atoms with van der Waals surface area (Å²) in [6, 6.07) is 3.45. The van der Waals surface area contributed by atoms with Crippen LogP contribution in [0.4, 0.5) is 0 Å². The molecule has 0 bridgehead atoms. The molecule has 0 radical (unpaired) electrons. The third kappa shape index (κ3) is 4.19. The maximum Gasteiger partial charge on any atom is 0.360 e. The molecule has 2 heterocycles. The summed E-state index contributed by atoms with van der Waals surface area (Å²) in [4.78, 5) is 23.7. The predicted molar refractivity (Wildman–Crippen MR) is 91.2 cm³/mol. The number of hydrogen-bond acceptors (Lipinski definition) is 7. The lowest BCUT2D eigenvalue weighted by Crippen LogP contribution is -2.32. The van der Waals surface area contributed by atoms with Crippen LogP contribution in [0.15, 0.2) is 28.8 Å². The van der Waals surface area contributed by atoms with Crippen LogP contribution in [0.1, 0.15) is 53.7 Å². The second-order valence-corrected chi connectivity index (χ2v) is 6.18. The Morgan fingerprint density at radius 1 is 1.31 bits per heavy atom. The Morgan fingerprint density at radius 2 is 2.12 bits per heavy atom. The second-order valence-electron chi connectivity index (χ2n) is 6.18. The molecule has 1 saturated carbocycles. The van der Waals surface area contributed by atoms with Gasteiger partial charge in [0.2, 0.25) is 0 Å². The van der Waals surface area contributed by atoms with E-state index in [1.165, 1.54) is 19.4 Å². The van der Waals surface area contributed by atoms with E-state index in [1.807, 2.05) is 13.0 Å². The summed E-state index contributed by atoms with van der Waals surface area (Å²) in [5.74, 6) is 0.387. The van der Waals surface area contributed by atoms with Gasteiger partial charge in [-0.15, -0.1) is 5.10 Å². The predicted octanol–water partition coefficient (Wildman–Crippen LogP) is 2.71. The molecule has 26 heavy (non-hydrogen) atoms. The van der Waals surface area contributed by atoms with Crippen LogP contribution in [-0.2, 0) is 14.3 Å². The van der Waals surface area contributed by atoms with Crippen molar-refractivity contribution in [3.63, 3.8) is 0 Å². The minimum Gasteiger partial charge on any atom is -0.464 e. The zero-order valence-electron chi connectivity index (χ0n) is 14.8. The number of ether oxygens (including phenoxy) is 2. The normalized spacial score (nSPS) is 20.2. The van der Waals surface area contributed by atoms with Crippen LogP contribution in [0.2, 0.25) is 0 Å². The molecule has 2 unspecified atom stereocenters. The van der Waals surface area contributed by atoms with Gasteiger partial charge in [0.05, 0.1) is 19.3 Å². The van der Waals surface area contributed by atoms with Gasteiger partial charge in [-0.25, -0.2) is 14.3 Å². The molecule has 0 N–H and O–H groups in total. The third-order valence-electron chi connectivity index (χ3n) is 4.32. The van der Waals surface area contributed by atoms with Gasteiger partial charge in [0.25, 0.3) is 0 Å². The van der Waals surface area contributed by atoms with Crippen molar-refractivity contribution in [3.05, 3.63) is 41.6 Å². The summed E-state index contributed by atoms with van der Waals surface area (Å²) in [6.07, 6.45) is 7.63. The number of methoxy groups -OCH3 is 1. The first-order valence-electron chi connectivity index (χ1n) is 8.52. The molecule has 0 aliphatic heterocycles. The Labute approximate surface area is 150 Å². The summed E-state index contributed by atoms with van der Waals surface area (Å²) in [5, 5.41) is 7.83. The molecule has 2 atom stereocenters. The summed E-state index contributed by atoms with van der Waals surface area (Å²) >= 11 is 0. The van der Waals surface area contributed by atoms with Gasteiger partial charge in [-0.05, 0) is 44.4 Å². The smallest absolute Gasteiger partial charge is 0.360 e. The molecule has 0 saturated heterocycles. The van der Waals surface area contributed by atoms with E-state index in [4.69, 9.17) is 9.15 Å². The lowest BCUT2D eigenvalue weighted by molar-refractivity contribution is -0.147. The van der Waals surface area contributed by atoms with Crippen molar-refractivity contribution >= 4 is 18.0 Å². The SMILES string of the molecule is COC(=O)c1cn(C2CCCCC2OC(=O)/C=C/c2ccc(C)o2)nn1. The number of nitrogens with zero attached hydrogens (tertiary/aromatic N) is 3. The Morgan fingerprint density at radius 3 is 2.85 bits per heavy atom. The molecule has 0 aromatic carbocycles. The van der Waals surface area contributed by atoms with E-state index >= 15 is 0 Å². The standard InChI is InChI=1S/C18H21N3O5/c1-12-7-8-13(25-12)9-10-17(22)26-16-6-4-3-5-15(16)21-11-14(19-20-21)18(23)24-2/h7-11,15-16H,3-6H2,1-2H3/b10-9+. The van der Waals surface area contributed by atoms with E-state index in [0.29, 0.717) is 5.76 Å². The minimum atomic E-state index is -0.544. The van der Waals surface area contributed by atoms with Crippen LogP contribution in [0.3, 0.4) is 0 Å². The van der Waals surface area contributed by atoms with E-state index in [-0.39, 0.29) is 17.8 Å². The van der Waals surface area contributed by atoms with Crippen LogP contribution < -0.4 is 0 Å². The molecule has 1 fully saturated rings. The summed E-state index contributed by atoms with van der Waals surface area (Å²) < 4.78 is 17.2. The molecular formula is C18H21N3O5. The molecule has 8 nitrogen and oxygen atoms in total. The van der Waals surface area contributed by atoms with E-state index < -0.39 is 11.9 Å². The van der Waals surface area contributed by atoms with Gasteiger partial charge in [0.1, 0.15) is 17.6 Å². The Bertz CT molecular complexity index is 807. The fourth-order valence-electron chi connectivity index (χ4n) is 3.04. The van der Waals surface area contributed by atoms with Crippen molar-refractivity contribution in [2.45, 2.75) is 44.8 Å². The molecule has 0 amide bonds. The van der Waals surface area contributed by atoms with Crippen LogP contribution in [0.5, 0.6) is 0 Å². The Balaban J connectivity index is 1.66. The van der Waals surface area contributed by atoms with Crippen molar-refractivity contribution in [1.29, 1.82) is 0 Å². The zero-order chi connectivity index (χ0) is 18.5. The van der Waals surface area contributed by atoms with E-state index in [1.54, 1.807) is 16.8 Å². The monoisotopic (exact) mass is 359 g/mol. The number of aromatic nitrogens is 3. The maximum atomic E-state index is 12.2. The first kappa shape index (κ1) is 17.9. The molecular weight excluding hydrogens is 338 g/mol. The average molecular weight is 359 g/mol. The number of hydrogen-bond donors (Lipinski definition) is 0. The van der Waals surface area contributed by atoms with Gasteiger partial charge in [0.15, 0.2) is 5.69 Å². The average Bonchev–Trinajstić information content (AvgIpc) is 3.29. The van der Waals surface area contributed by atoms with Crippen molar-refractivity contribution in [3.8, 4) is 0 Å². The van der Waals surface area contributed by atoms with Crippen LogP contribution in [-0.4, -0.2) is 40.1 Å². The lowest BCUT2D eigenvalue weighted by Gasteiger charge is -2.30. The summed E-state index contributed by atoms with van der Waals surface area (Å²) in [7, 11) is 1.29. The quantitative estimate of drug-likeness (QED) is 0.598. The van der Waals surface area contributed by atoms with E-state index in [2.05, 4.69) is 15.0 Å². The molecule has 1 aliphatic rings. The van der Waals surface area contributed by atoms with E-state index in [0.717, 1.165) is 31.4 Å². The number of rotatable bonds is 5. The van der Waals surface area contributed by atoms with Crippen LogP contribution in [0, 0.1) is 6.92 Å². The molecule has 2 aromatic rings. The Hall–Kier alpha value is -2.90. The topological polar surface area (TPSA) is 96.5 Å². The highest BCUT2D eigenvalue weighted by molar-refractivity contribution is 5.87. The molecule has 0 spiro atoms. The van der Waals surface area contributed by atoms with E-state index in [9.17, 15) is 9.59 Å². The van der Waals surface area contributed by atoms with Gasteiger partial charge >= 0.3 is 11.9 Å². The highest BCUT2D eigenvalue weighted by Gasteiger charge is 2.31. The van der Waals surface area contributed by atoms with Gasteiger partial charge in [-0.3, -0.25) is 0 Å². The fourth-order valence-corrected chi connectivity index (χ4v) is 3.04.